The first kappa shape index (κ1) is 26.3. The molecule has 14 heteroatoms. The monoisotopic (exact) mass is 529 g/mol. The molecule has 4 atom stereocenters. The summed E-state index contributed by atoms with van der Waals surface area (Å²) in [5.74, 6) is 1.52. The van der Waals surface area contributed by atoms with Gasteiger partial charge in [0, 0.05) is 18.1 Å². The molecule has 38 heavy (non-hydrogen) atoms. The van der Waals surface area contributed by atoms with Crippen LogP contribution >= 0.6 is 0 Å². The molecule has 0 spiro atoms. The number of anilines is 2. The predicted molar refractivity (Wildman–Crippen MR) is 136 cm³/mol. The third-order valence-electron chi connectivity index (χ3n) is 7.34. The number of imidazole rings is 1. The zero-order valence-corrected chi connectivity index (χ0v) is 21.8. The molecule has 0 bridgehead atoms. The fraction of sp³-hybridized carbons (Fsp3) is 0.667. The van der Waals surface area contributed by atoms with Gasteiger partial charge in [-0.1, -0.05) is 19.0 Å². The second kappa shape index (κ2) is 11.2. The average Bonchev–Trinajstić information content (AvgIpc) is 3.61. The fourth-order valence-corrected chi connectivity index (χ4v) is 5.12. The van der Waals surface area contributed by atoms with Crippen LogP contribution in [-0.2, 0) is 14.3 Å². The van der Waals surface area contributed by atoms with E-state index < -0.39 is 24.5 Å². The Morgan fingerprint density at radius 3 is 2.66 bits per heavy atom. The molecule has 1 saturated carbocycles. The zero-order valence-electron chi connectivity index (χ0n) is 21.8. The van der Waals surface area contributed by atoms with E-state index in [1.165, 1.54) is 0 Å². The van der Waals surface area contributed by atoms with Crippen LogP contribution < -0.4 is 16.4 Å². The summed E-state index contributed by atoms with van der Waals surface area (Å²) < 4.78 is 18.3. The standard InChI is InChI=1S/C24H35N9O5/c1-4-14(5-2)28-20-16-21(31-24(30-20)29-15-8-6-13(25)7-9-15)33(10-26-16)23-19(36-11-34)17(35)18(37-23)22-27-12(3)32-38-22/h10-11,13-15,17-19,23,35H,4-9,25H2,1-3H3,(H2,28,29,30,31)/t13?,15?,17-,18+,19-,23-/m1/s1. The molecule has 1 aliphatic heterocycles. The molecule has 2 fully saturated rings. The van der Waals surface area contributed by atoms with Gasteiger partial charge in [0.2, 0.25) is 5.95 Å². The summed E-state index contributed by atoms with van der Waals surface area (Å²) in [4.78, 5) is 29.7. The molecule has 206 valence electrons. The lowest BCUT2D eigenvalue weighted by Gasteiger charge is -2.27. The van der Waals surface area contributed by atoms with Gasteiger partial charge in [0.1, 0.15) is 6.10 Å². The van der Waals surface area contributed by atoms with Crippen molar-refractivity contribution in [1.29, 1.82) is 0 Å². The molecule has 4 heterocycles. The van der Waals surface area contributed by atoms with Crippen molar-refractivity contribution in [3.8, 4) is 0 Å². The van der Waals surface area contributed by atoms with Crippen molar-refractivity contribution < 1.29 is 23.9 Å². The highest BCUT2D eigenvalue weighted by atomic mass is 16.6. The van der Waals surface area contributed by atoms with Crippen LogP contribution in [0.15, 0.2) is 10.9 Å². The number of carbonyl (C=O) groups is 1. The Morgan fingerprint density at radius 2 is 2.00 bits per heavy atom. The van der Waals surface area contributed by atoms with E-state index in [-0.39, 0.29) is 30.5 Å². The van der Waals surface area contributed by atoms with Crippen LogP contribution in [0.1, 0.15) is 76.4 Å². The first-order chi connectivity index (χ1) is 18.4. The van der Waals surface area contributed by atoms with E-state index >= 15 is 0 Å². The van der Waals surface area contributed by atoms with Crippen LogP contribution in [0.25, 0.3) is 11.2 Å². The zero-order chi connectivity index (χ0) is 26.8. The van der Waals surface area contributed by atoms with E-state index in [4.69, 9.17) is 29.7 Å². The highest BCUT2D eigenvalue weighted by molar-refractivity contribution is 5.84. The number of nitrogens with two attached hydrogens (primary N) is 1. The minimum atomic E-state index is -1.25. The summed E-state index contributed by atoms with van der Waals surface area (Å²) in [6, 6.07) is 0.617. The van der Waals surface area contributed by atoms with Crippen molar-refractivity contribution >= 4 is 29.4 Å². The predicted octanol–water partition coefficient (Wildman–Crippen LogP) is 1.97. The molecule has 3 aromatic heterocycles. The Labute approximate surface area is 219 Å². The lowest BCUT2D eigenvalue weighted by atomic mass is 9.92. The van der Waals surface area contributed by atoms with E-state index in [1.54, 1.807) is 17.8 Å². The number of nitrogens with one attached hydrogen (secondary N) is 2. The van der Waals surface area contributed by atoms with Crippen LogP contribution in [0.2, 0.25) is 0 Å². The number of hydrogen-bond donors (Lipinski definition) is 4. The number of nitrogens with zero attached hydrogens (tertiary/aromatic N) is 6. The van der Waals surface area contributed by atoms with Gasteiger partial charge in [-0.25, -0.2) is 4.98 Å². The summed E-state index contributed by atoms with van der Waals surface area (Å²) >= 11 is 0. The molecule has 0 unspecified atom stereocenters. The highest BCUT2D eigenvalue weighted by Gasteiger charge is 2.50. The van der Waals surface area contributed by atoms with Crippen LogP contribution in [-0.4, -0.2) is 71.6 Å². The number of aromatic nitrogens is 6. The SMILES string of the molecule is CCC(CC)Nc1nc(NC2CCC(N)CC2)nc2c1ncn2[C@@H]1O[C@H](c2nc(C)no2)[C@@H](O)[C@H]1OC=O. The summed E-state index contributed by atoms with van der Waals surface area (Å²) in [6.45, 7) is 6.16. The largest absolute Gasteiger partial charge is 0.457 e. The number of aliphatic hydroxyl groups excluding tert-OH is 1. The normalized spacial score (nSPS) is 27.6. The van der Waals surface area contributed by atoms with Crippen molar-refractivity contribution in [1.82, 2.24) is 29.7 Å². The minimum absolute atomic E-state index is 0.0880. The second-order valence-corrected chi connectivity index (χ2v) is 9.95. The maximum absolute atomic E-state index is 11.4. The maximum Gasteiger partial charge on any atom is 0.293 e. The van der Waals surface area contributed by atoms with Crippen molar-refractivity contribution in [2.75, 3.05) is 10.6 Å². The average molecular weight is 530 g/mol. The van der Waals surface area contributed by atoms with Crippen LogP contribution in [0.4, 0.5) is 11.8 Å². The van der Waals surface area contributed by atoms with Gasteiger partial charge >= 0.3 is 0 Å². The molecule has 5 N–H and O–H groups in total. The number of rotatable bonds is 10. The second-order valence-electron chi connectivity index (χ2n) is 9.95. The van der Waals surface area contributed by atoms with Gasteiger partial charge in [0.15, 0.2) is 41.2 Å². The lowest BCUT2D eigenvalue weighted by molar-refractivity contribution is -0.142. The van der Waals surface area contributed by atoms with Gasteiger partial charge < -0.3 is 35.5 Å². The topological polar surface area (TPSA) is 188 Å². The smallest absolute Gasteiger partial charge is 0.293 e. The van der Waals surface area contributed by atoms with Crippen LogP contribution in [0.5, 0.6) is 0 Å². The molecule has 14 nitrogen and oxygen atoms in total. The molecule has 2 aliphatic rings. The summed E-state index contributed by atoms with van der Waals surface area (Å²) in [7, 11) is 0. The Bertz CT molecular complexity index is 1240. The number of aryl methyl sites for hydroxylation is 1. The van der Waals surface area contributed by atoms with Crippen LogP contribution in [0.3, 0.4) is 0 Å². The molecule has 1 saturated heterocycles. The van der Waals surface area contributed by atoms with Gasteiger partial charge in [-0.15, -0.1) is 0 Å². The third-order valence-corrected chi connectivity index (χ3v) is 7.34. The molecule has 3 aromatic rings. The molecule has 0 amide bonds. The van der Waals surface area contributed by atoms with Crippen molar-refractivity contribution in [2.45, 2.75) is 102 Å². The maximum atomic E-state index is 11.4. The van der Waals surface area contributed by atoms with E-state index in [0.717, 1.165) is 38.5 Å². The Morgan fingerprint density at radius 1 is 1.24 bits per heavy atom. The third kappa shape index (κ3) is 5.15. The molecule has 0 aromatic carbocycles. The fourth-order valence-electron chi connectivity index (χ4n) is 5.12. The number of hydrogen-bond acceptors (Lipinski definition) is 13. The number of ether oxygens (including phenoxy) is 2. The Kier molecular flexibility index (Phi) is 7.72. The first-order valence-electron chi connectivity index (χ1n) is 13.2. The van der Waals surface area contributed by atoms with E-state index in [0.29, 0.717) is 28.8 Å². The number of carbonyl (C=O) groups excluding carboxylic acids is 1. The number of aliphatic hydroxyl groups is 1. The number of fused-ring (bicyclic) bond motifs is 1. The molecule has 0 radical (unpaired) electrons. The molecular formula is C24H35N9O5. The van der Waals surface area contributed by atoms with Gasteiger partial charge in [-0.3, -0.25) is 9.36 Å². The van der Waals surface area contributed by atoms with Gasteiger partial charge in [-0.2, -0.15) is 15.0 Å². The first-order valence-corrected chi connectivity index (χ1v) is 13.2. The quantitative estimate of drug-likeness (QED) is 0.279. The van der Waals surface area contributed by atoms with E-state index in [9.17, 15) is 9.90 Å². The van der Waals surface area contributed by atoms with Gasteiger partial charge in [0.05, 0.1) is 6.33 Å². The highest BCUT2D eigenvalue weighted by Crippen LogP contribution is 2.41. The van der Waals surface area contributed by atoms with E-state index in [2.05, 4.69) is 39.6 Å². The lowest BCUT2D eigenvalue weighted by Crippen LogP contribution is -2.33. The Hall–Kier alpha value is -3.36. The summed E-state index contributed by atoms with van der Waals surface area (Å²) in [5, 5.41) is 21.7. The van der Waals surface area contributed by atoms with E-state index in [1.807, 2.05) is 0 Å². The van der Waals surface area contributed by atoms with Gasteiger partial charge in [-0.05, 0) is 45.4 Å². The summed E-state index contributed by atoms with van der Waals surface area (Å²) in [5.41, 5.74) is 7.08. The molecular weight excluding hydrogens is 494 g/mol. The summed E-state index contributed by atoms with van der Waals surface area (Å²) in [6.07, 6.45) is 2.81. The minimum Gasteiger partial charge on any atom is -0.457 e. The van der Waals surface area contributed by atoms with Crippen molar-refractivity contribution in [2.24, 2.45) is 5.73 Å². The molecule has 5 rings (SSSR count). The molecule has 1 aliphatic carbocycles. The van der Waals surface area contributed by atoms with Crippen LogP contribution in [0, 0.1) is 6.92 Å². The van der Waals surface area contributed by atoms with Crippen molar-refractivity contribution in [3.63, 3.8) is 0 Å². The Balaban J connectivity index is 1.53. The van der Waals surface area contributed by atoms with Gasteiger partial charge in [0.25, 0.3) is 12.4 Å². The van der Waals surface area contributed by atoms with Crippen molar-refractivity contribution in [3.05, 3.63) is 18.0 Å².